The molecule has 0 saturated carbocycles. The summed E-state index contributed by atoms with van der Waals surface area (Å²) in [5.74, 6) is 2.13. The SMILES string of the molecule is CCCNC(Cc1cccs1)c1ccc(CC)o1. The van der Waals surface area contributed by atoms with Crippen molar-refractivity contribution in [3.63, 3.8) is 0 Å². The van der Waals surface area contributed by atoms with E-state index in [0.29, 0.717) is 6.04 Å². The zero-order valence-corrected chi connectivity index (χ0v) is 11.9. The molecule has 98 valence electrons. The average Bonchev–Trinajstić information content (AvgIpc) is 3.05. The van der Waals surface area contributed by atoms with Gasteiger partial charge in [-0.3, -0.25) is 0 Å². The molecular weight excluding hydrogens is 242 g/mol. The van der Waals surface area contributed by atoms with Gasteiger partial charge >= 0.3 is 0 Å². The van der Waals surface area contributed by atoms with Crippen LogP contribution in [0.1, 0.15) is 42.7 Å². The summed E-state index contributed by atoms with van der Waals surface area (Å²) < 4.78 is 5.88. The van der Waals surface area contributed by atoms with Crippen LogP contribution in [0.4, 0.5) is 0 Å². The summed E-state index contributed by atoms with van der Waals surface area (Å²) in [6.45, 7) is 5.34. The highest BCUT2D eigenvalue weighted by molar-refractivity contribution is 7.09. The van der Waals surface area contributed by atoms with Gasteiger partial charge in [-0.25, -0.2) is 0 Å². The van der Waals surface area contributed by atoms with Gasteiger partial charge in [-0.2, -0.15) is 0 Å². The third kappa shape index (κ3) is 3.47. The highest BCUT2D eigenvalue weighted by atomic mass is 32.1. The van der Waals surface area contributed by atoms with Gasteiger partial charge in [0.1, 0.15) is 11.5 Å². The maximum absolute atomic E-state index is 5.88. The number of thiophene rings is 1. The second kappa shape index (κ2) is 6.76. The zero-order chi connectivity index (χ0) is 12.8. The monoisotopic (exact) mass is 263 g/mol. The van der Waals surface area contributed by atoms with E-state index >= 15 is 0 Å². The van der Waals surface area contributed by atoms with Crippen LogP contribution in [0.25, 0.3) is 0 Å². The van der Waals surface area contributed by atoms with Crippen molar-refractivity contribution in [1.29, 1.82) is 0 Å². The van der Waals surface area contributed by atoms with Crippen LogP contribution in [0.5, 0.6) is 0 Å². The van der Waals surface area contributed by atoms with E-state index in [1.165, 1.54) is 4.88 Å². The molecule has 0 aromatic carbocycles. The summed E-state index contributed by atoms with van der Waals surface area (Å²) >= 11 is 1.81. The van der Waals surface area contributed by atoms with E-state index in [4.69, 9.17) is 4.42 Å². The van der Waals surface area contributed by atoms with Gasteiger partial charge in [-0.1, -0.05) is 19.9 Å². The molecule has 0 bridgehead atoms. The first kappa shape index (κ1) is 13.4. The molecule has 2 rings (SSSR count). The van der Waals surface area contributed by atoms with Crippen molar-refractivity contribution in [2.45, 2.75) is 39.2 Å². The van der Waals surface area contributed by atoms with Crippen LogP contribution in [-0.4, -0.2) is 6.54 Å². The molecule has 2 aromatic rings. The smallest absolute Gasteiger partial charge is 0.121 e. The molecule has 0 aliphatic heterocycles. The summed E-state index contributed by atoms with van der Waals surface area (Å²) in [4.78, 5) is 1.40. The third-order valence-electron chi connectivity index (χ3n) is 3.00. The fourth-order valence-corrected chi connectivity index (χ4v) is 2.75. The highest BCUT2D eigenvalue weighted by Crippen LogP contribution is 2.23. The van der Waals surface area contributed by atoms with E-state index in [1.54, 1.807) is 0 Å². The Hall–Kier alpha value is -1.06. The molecule has 0 amide bonds. The fraction of sp³-hybridized carbons (Fsp3) is 0.467. The van der Waals surface area contributed by atoms with E-state index in [2.05, 4.69) is 48.8 Å². The lowest BCUT2D eigenvalue weighted by Gasteiger charge is -2.15. The first-order valence-corrected chi connectivity index (χ1v) is 7.55. The minimum atomic E-state index is 0.295. The Kier molecular flexibility index (Phi) is 5.02. The zero-order valence-electron chi connectivity index (χ0n) is 11.1. The summed E-state index contributed by atoms with van der Waals surface area (Å²) in [6, 6.07) is 8.79. The van der Waals surface area contributed by atoms with Gasteiger partial charge in [-0.15, -0.1) is 11.3 Å². The van der Waals surface area contributed by atoms with Gasteiger partial charge < -0.3 is 9.73 Å². The lowest BCUT2D eigenvalue weighted by molar-refractivity contribution is 0.393. The molecule has 2 aromatic heterocycles. The standard InChI is InChI=1S/C15H21NOS/c1-3-9-16-14(11-13-6-5-10-18-13)15-8-7-12(4-2)17-15/h5-8,10,14,16H,3-4,9,11H2,1-2H3. The molecule has 0 radical (unpaired) electrons. The molecule has 18 heavy (non-hydrogen) atoms. The molecule has 0 spiro atoms. The highest BCUT2D eigenvalue weighted by Gasteiger charge is 2.15. The molecule has 1 N–H and O–H groups in total. The van der Waals surface area contributed by atoms with Crippen molar-refractivity contribution in [1.82, 2.24) is 5.32 Å². The number of hydrogen-bond donors (Lipinski definition) is 1. The Morgan fingerprint density at radius 2 is 2.17 bits per heavy atom. The molecule has 2 heterocycles. The Labute approximate surface area is 113 Å². The molecular formula is C15H21NOS. The Bertz CT molecular complexity index is 447. The number of furan rings is 1. The number of nitrogens with one attached hydrogen (secondary N) is 1. The fourth-order valence-electron chi connectivity index (χ4n) is 1.99. The van der Waals surface area contributed by atoms with Crippen molar-refractivity contribution in [3.8, 4) is 0 Å². The van der Waals surface area contributed by atoms with Crippen LogP contribution < -0.4 is 5.32 Å². The predicted molar refractivity (Wildman–Crippen MR) is 77.1 cm³/mol. The molecule has 0 aliphatic carbocycles. The molecule has 0 aliphatic rings. The lowest BCUT2D eigenvalue weighted by atomic mass is 10.1. The summed E-state index contributed by atoms with van der Waals surface area (Å²) in [5, 5.41) is 5.71. The molecule has 1 unspecified atom stereocenters. The van der Waals surface area contributed by atoms with Crippen LogP contribution in [0, 0.1) is 0 Å². The van der Waals surface area contributed by atoms with E-state index in [1.807, 2.05) is 11.3 Å². The Balaban J connectivity index is 2.08. The van der Waals surface area contributed by atoms with Gasteiger partial charge in [0.25, 0.3) is 0 Å². The summed E-state index contributed by atoms with van der Waals surface area (Å²) in [5.41, 5.74) is 0. The van der Waals surface area contributed by atoms with Gasteiger partial charge in [0.2, 0.25) is 0 Å². The Morgan fingerprint density at radius 3 is 2.78 bits per heavy atom. The molecule has 0 saturated heterocycles. The minimum Gasteiger partial charge on any atom is -0.464 e. The third-order valence-corrected chi connectivity index (χ3v) is 3.90. The van der Waals surface area contributed by atoms with Crippen LogP contribution in [0.2, 0.25) is 0 Å². The maximum Gasteiger partial charge on any atom is 0.121 e. The second-order valence-electron chi connectivity index (χ2n) is 4.45. The molecule has 0 fully saturated rings. The summed E-state index contributed by atoms with van der Waals surface area (Å²) in [6.07, 6.45) is 3.11. The maximum atomic E-state index is 5.88. The van der Waals surface area contributed by atoms with Crippen molar-refractivity contribution in [2.24, 2.45) is 0 Å². The average molecular weight is 263 g/mol. The van der Waals surface area contributed by atoms with Crippen LogP contribution in [0.15, 0.2) is 34.1 Å². The van der Waals surface area contributed by atoms with Gasteiger partial charge in [-0.05, 0) is 36.5 Å². The summed E-state index contributed by atoms with van der Waals surface area (Å²) in [7, 11) is 0. The van der Waals surface area contributed by atoms with Crippen molar-refractivity contribution in [3.05, 3.63) is 46.0 Å². The van der Waals surface area contributed by atoms with E-state index < -0.39 is 0 Å². The normalized spacial score (nSPS) is 12.8. The van der Waals surface area contributed by atoms with E-state index in [0.717, 1.165) is 37.3 Å². The molecule has 2 nitrogen and oxygen atoms in total. The lowest BCUT2D eigenvalue weighted by Crippen LogP contribution is -2.23. The number of rotatable bonds is 7. The van der Waals surface area contributed by atoms with E-state index in [-0.39, 0.29) is 0 Å². The van der Waals surface area contributed by atoms with Crippen LogP contribution in [-0.2, 0) is 12.8 Å². The largest absolute Gasteiger partial charge is 0.464 e. The van der Waals surface area contributed by atoms with Crippen molar-refractivity contribution >= 4 is 11.3 Å². The topological polar surface area (TPSA) is 25.2 Å². The molecule has 1 atom stereocenters. The molecule has 3 heteroatoms. The minimum absolute atomic E-state index is 0.295. The van der Waals surface area contributed by atoms with Gasteiger partial charge in [0.05, 0.1) is 6.04 Å². The quantitative estimate of drug-likeness (QED) is 0.810. The van der Waals surface area contributed by atoms with Gasteiger partial charge in [0.15, 0.2) is 0 Å². The number of aryl methyl sites for hydroxylation is 1. The Morgan fingerprint density at radius 1 is 1.28 bits per heavy atom. The number of hydrogen-bond acceptors (Lipinski definition) is 3. The van der Waals surface area contributed by atoms with Crippen molar-refractivity contribution < 1.29 is 4.42 Å². The van der Waals surface area contributed by atoms with Crippen LogP contribution >= 0.6 is 11.3 Å². The second-order valence-corrected chi connectivity index (χ2v) is 5.48. The first-order valence-electron chi connectivity index (χ1n) is 6.67. The van der Waals surface area contributed by atoms with Crippen molar-refractivity contribution in [2.75, 3.05) is 6.54 Å². The van der Waals surface area contributed by atoms with Gasteiger partial charge in [0, 0.05) is 17.7 Å². The van der Waals surface area contributed by atoms with E-state index in [9.17, 15) is 0 Å². The predicted octanol–water partition coefficient (Wildman–Crippen LogP) is 4.19. The first-order chi connectivity index (χ1) is 8.83. The van der Waals surface area contributed by atoms with Crippen LogP contribution in [0.3, 0.4) is 0 Å².